The molecule has 0 fully saturated rings. The average molecular weight is 208 g/mol. The van der Waals surface area contributed by atoms with Gasteiger partial charge in [0.1, 0.15) is 6.04 Å². The van der Waals surface area contributed by atoms with Crippen LogP contribution in [-0.2, 0) is 9.59 Å². The first-order valence-corrected chi connectivity index (χ1v) is 4.67. The van der Waals surface area contributed by atoms with Gasteiger partial charge < -0.3 is 10.4 Å². The average Bonchev–Trinajstić information content (AvgIpc) is 2.02. The summed E-state index contributed by atoms with van der Waals surface area (Å²) in [5.41, 5.74) is 0. The number of unbranched alkanes of at least 4 members (excludes halogenated alkanes) is 1. The SMILES string of the molecule is CC(=O)NC(CCCCCl)C(=O)O. The number of aliphatic carboxylic acids is 1. The second-order valence-electron chi connectivity index (χ2n) is 2.78. The molecule has 2 N–H and O–H groups in total. The Morgan fingerprint density at radius 1 is 1.46 bits per heavy atom. The number of nitrogens with one attached hydrogen (secondary N) is 1. The van der Waals surface area contributed by atoms with Gasteiger partial charge in [0.2, 0.25) is 5.91 Å². The predicted octanol–water partition coefficient (Wildman–Crippen LogP) is 0.985. The normalized spacial score (nSPS) is 12.2. The standard InChI is InChI=1S/C8H14ClNO3/c1-6(11)10-7(8(12)13)4-2-3-5-9/h7H,2-5H2,1H3,(H,10,11)(H,12,13). The molecule has 0 aliphatic heterocycles. The zero-order chi connectivity index (χ0) is 10.3. The maximum Gasteiger partial charge on any atom is 0.326 e. The zero-order valence-corrected chi connectivity index (χ0v) is 8.30. The Morgan fingerprint density at radius 3 is 2.46 bits per heavy atom. The van der Waals surface area contributed by atoms with Gasteiger partial charge in [-0.2, -0.15) is 0 Å². The predicted molar refractivity (Wildman–Crippen MR) is 49.8 cm³/mol. The highest BCUT2D eigenvalue weighted by atomic mass is 35.5. The third-order valence-electron chi connectivity index (χ3n) is 1.55. The number of amides is 1. The first kappa shape index (κ1) is 12.2. The summed E-state index contributed by atoms with van der Waals surface area (Å²) < 4.78 is 0. The van der Waals surface area contributed by atoms with Gasteiger partial charge in [-0.15, -0.1) is 11.6 Å². The van der Waals surface area contributed by atoms with Crippen LogP contribution in [0.4, 0.5) is 0 Å². The first-order valence-electron chi connectivity index (χ1n) is 4.13. The van der Waals surface area contributed by atoms with Crippen LogP contribution in [0.25, 0.3) is 0 Å². The van der Waals surface area contributed by atoms with Crippen molar-refractivity contribution in [1.82, 2.24) is 5.32 Å². The highest BCUT2D eigenvalue weighted by Crippen LogP contribution is 2.02. The van der Waals surface area contributed by atoms with E-state index in [9.17, 15) is 9.59 Å². The van der Waals surface area contributed by atoms with Crippen molar-refractivity contribution in [3.8, 4) is 0 Å². The lowest BCUT2D eigenvalue weighted by Gasteiger charge is -2.11. The van der Waals surface area contributed by atoms with Gasteiger partial charge in [-0.3, -0.25) is 4.79 Å². The minimum atomic E-state index is -0.996. The lowest BCUT2D eigenvalue weighted by molar-refractivity contribution is -0.141. The van der Waals surface area contributed by atoms with E-state index in [0.717, 1.165) is 6.42 Å². The lowest BCUT2D eigenvalue weighted by Crippen LogP contribution is -2.39. The fourth-order valence-electron chi connectivity index (χ4n) is 0.946. The number of halogens is 1. The summed E-state index contributed by atoms with van der Waals surface area (Å²) in [7, 11) is 0. The number of carboxylic acids is 1. The van der Waals surface area contributed by atoms with Crippen molar-refractivity contribution in [1.29, 1.82) is 0 Å². The molecule has 0 aromatic heterocycles. The van der Waals surface area contributed by atoms with Crippen molar-refractivity contribution in [3.05, 3.63) is 0 Å². The molecule has 0 spiro atoms. The van der Waals surface area contributed by atoms with Crippen LogP contribution in [0.2, 0.25) is 0 Å². The molecule has 0 aliphatic carbocycles. The van der Waals surface area contributed by atoms with Crippen LogP contribution in [0, 0.1) is 0 Å². The first-order chi connectivity index (χ1) is 6.07. The van der Waals surface area contributed by atoms with Crippen LogP contribution >= 0.6 is 11.6 Å². The van der Waals surface area contributed by atoms with Crippen molar-refractivity contribution in [3.63, 3.8) is 0 Å². The molecule has 1 unspecified atom stereocenters. The Bertz CT molecular complexity index is 184. The Morgan fingerprint density at radius 2 is 2.08 bits per heavy atom. The van der Waals surface area contributed by atoms with E-state index in [-0.39, 0.29) is 5.91 Å². The van der Waals surface area contributed by atoms with Crippen LogP contribution in [0.15, 0.2) is 0 Å². The summed E-state index contributed by atoms with van der Waals surface area (Å²) >= 11 is 5.44. The van der Waals surface area contributed by atoms with Gasteiger partial charge in [0.15, 0.2) is 0 Å². The minimum Gasteiger partial charge on any atom is -0.480 e. The van der Waals surface area contributed by atoms with Crippen molar-refractivity contribution >= 4 is 23.5 Å². The maximum atomic E-state index is 10.6. The van der Waals surface area contributed by atoms with E-state index < -0.39 is 12.0 Å². The van der Waals surface area contributed by atoms with E-state index in [1.807, 2.05) is 0 Å². The van der Waals surface area contributed by atoms with Crippen LogP contribution in [-0.4, -0.2) is 28.9 Å². The fraction of sp³-hybridized carbons (Fsp3) is 0.750. The zero-order valence-electron chi connectivity index (χ0n) is 7.55. The fourth-order valence-corrected chi connectivity index (χ4v) is 1.13. The Kier molecular flexibility index (Phi) is 6.32. The molecule has 0 heterocycles. The van der Waals surface area contributed by atoms with E-state index in [0.29, 0.717) is 18.7 Å². The number of carbonyl (C=O) groups excluding carboxylic acids is 1. The summed E-state index contributed by atoms with van der Waals surface area (Å²) in [5, 5.41) is 11.0. The molecule has 0 aromatic rings. The second kappa shape index (κ2) is 6.71. The van der Waals surface area contributed by atoms with Gasteiger partial charge in [0.25, 0.3) is 0 Å². The molecule has 1 amide bonds. The summed E-state index contributed by atoms with van der Waals surface area (Å²) in [4.78, 5) is 21.2. The topological polar surface area (TPSA) is 66.4 Å². The molecule has 0 saturated heterocycles. The summed E-state index contributed by atoms with van der Waals surface area (Å²) in [5.74, 6) is -0.796. The summed E-state index contributed by atoms with van der Waals surface area (Å²) in [6.07, 6.45) is 1.91. The van der Waals surface area contributed by atoms with E-state index in [1.165, 1.54) is 6.92 Å². The third-order valence-corrected chi connectivity index (χ3v) is 1.82. The molecule has 4 nitrogen and oxygen atoms in total. The van der Waals surface area contributed by atoms with Crippen LogP contribution in [0.5, 0.6) is 0 Å². The van der Waals surface area contributed by atoms with Gasteiger partial charge in [-0.25, -0.2) is 4.79 Å². The summed E-state index contributed by atoms with van der Waals surface area (Å²) in [6, 6.07) is -0.777. The maximum absolute atomic E-state index is 10.6. The van der Waals surface area contributed by atoms with Crippen molar-refractivity contribution in [2.45, 2.75) is 32.2 Å². The molecule has 1 atom stereocenters. The molecule has 0 aromatic carbocycles. The Hall–Kier alpha value is -0.770. The van der Waals surface area contributed by atoms with Crippen LogP contribution in [0.1, 0.15) is 26.2 Å². The Balaban J connectivity index is 3.81. The largest absolute Gasteiger partial charge is 0.480 e. The molecule has 5 heteroatoms. The van der Waals surface area contributed by atoms with Gasteiger partial charge >= 0.3 is 5.97 Å². The van der Waals surface area contributed by atoms with Gasteiger partial charge in [-0.05, 0) is 19.3 Å². The second-order valence-corrected chi connectivity index (χ2v) is 3.15. The monoisotopic (exact) mass is 207 g/mol. The highest BCUT2D eigenvalue weighted by molar-refractivity contribution is 6.17. The quantitative estimate of drug-likeness (QED) is 0.504. The van der Waals surface area contributed by atoms with Crippen molar-refractivity contribution < 1.29 is 14.7 Å². The highest BCUT2D eigenvalue weighted by Gasteiger charge is 2.16. The molecule has 0 saturated carbocycles. The van der Waals surface area contributed by atoms with Gasteiger partial charge in [0, 0.05) is 12.8 Å². The molecule has 13 heavy (non-hydrogen) atoms. The number of hydrogen-bond acceptors (Lipinski definition) is 2. The van der Waals surface area contributed by atoms with Crippen LogP contribution in [0.3, 0.4) is 0 Å². The van der Waals surface area contributed by atoms with Crippen molar-refractivity contribution in [2.75, 3.05) is 5.88 Å². The molecule has 0 aliphatic rings. The van der Waals surface area contributed by atoms with E-state index in [2.05, 4.69) is 5.32 Å². The number of carbonyl (C=O) groups is 2. The molecule has 0 radical (unpaired) electrons. The molecular formula is C8H14ClNO3. The van der Waals surface area contributed by atoms with Crippen LogP contribution < -0.4 is 5.32 Å². The number of rotatable bonds is 6. The molecule has 0 bridgehead atoms. The molecular weight excluding hydrogens is 194 g/mol. The van der Waals surface area contributed by atoms with Gasteiger partial charge in [0.05, 0.1) is 0 Å². The van der Waals surface area contributed by atoms with E-state index in [1.54, 1.807) is 0 Å². The van der Waals surface area contributed by atoms with Crippen molar-refractivity contribution in [2.24, 2.45) is 0 Å². The summed E-state index contributed by atoms with van der Waals surface area (Å²) in [6.45, 7) is 1.30. The number of alkyl halides is 1. The Labute approximate surface area is 82.3 Å². The van der Waals surface area contributed by atoms with E-state index >= 15 is 0 Å². The van der Waals surface area contributed by atoms with E-state index in [4.69, 9.17) is 16.7 Å². The molecule has 0 rings (SSSR count). The third kappa shape index (κ3) is 6.40. The molecule has 76 valence electrons. The smallest absolute Gasteiger partial charge is 0.326 e. The van der Waals surface area contributed by atoms with Gasteiger partial charge in [-0.1, -0.05) is 0 Å². The number of hydrogen-bond donors (Lipinski definition) is 2. The lowest BCUT2D eigenvalue weighted by atomic mass is 10.1. The minimum absolute atomic E-state index is 0.321. The number of carboxylic acid groups (broad SMARTS) is 1.